The van der Waals surface area contributed by atoms with Crippen LogP contribution in [0, 0.1) is 6.92 Å². The second-order valence-corrected chi connectivity index (χ2v) is 12.8. The largest absolute Gasteiger partial charge is 0.352 e. The fourth-order valence-electron chi connectivity index (χ4n) is 4.21. The van der Waals surface area contributed by atoms with Crippen molar-refractivity contribution < 1.29 is 18.0 Å². The smallest absolute Gasteiger partial charge is 0.264 e. The van der Waals surface area contributed by atoms with Crippen molar-refractivity contribution in [2.75, 3.05) is 10.8 Å². The van der Waals surface area contributed by atoms with E-state index < -0.39 is 28.5 Å². The highest BCUT2D eigenvalue weighted by Crippen LogP contribution is 2.35. The molecule has 0 unspecified atom stereocenters. The lowest BCUT2D eigenvalue weighted by atomic mass is 10.1. The van der Waals surface area contributed by atoms with Gasteiger partial charge in [-0.15, -0.1) is 0 Å². The summed E-state index contributed by atoms with van der Waals surface area (Å²) in [7, 11) is -4.28. The first kappa shape index (κ1) is 32.7. The Hall–Kier alpha value is -2.78. The van der Waals surface area contributed by atoms with Gasteiger partial charge in [-0.3, -0.25) is 13.9 Å². The van der Waals surface area contributed by atoms with E-state index in [9.17, 15) is 18.0 Å². The van der Waals surface area contributed by atoms with Gasteiger partial charge in [0.1, 0.15) is 12.6 Å². The van der Waals surface area contributed by atoms with E-state index in [1.54, 1.807) is 49.4 Å². The average Bonchev–Trinajstić information content (AvgIpc) is 2.94. The van der Waals surface area contributed by atoms with E-state index in [1.165, 1.54) is 29.2 Å². The highest BCUT2D eigenvalue weighted by Gasteiger charge is 2.35. The van der Waals surface area contributed by atoms with Crippen LogP contribution >= 0.6 is 34.8 Å². The molecule has 0 heterocycles. The van der Waals surface area contributed by atoms with Gasteiger partial charge in [-0.2, -0.15) is 0 Å². The lowest BCUT2D eigenvalue weighted by Crippen LogP contribution is -2.53. The molecule has 11 heteroatoms. The first-order chi connectivity index (χ1) is 19.4. The minimum absolute atomic E-state index is 0.00730. The van der Waals surface area contributed by atoms with Crippen LogP contribution in [0.4, 0.5) is 5.69 Å². The lowest BCUT2D eigenvalue weighted by Gasteiger charge is -2.34. The van der Waals surface area contributed by atoms with Crippen LogP contribution in [0.1, 0.15) is 44.7 Å². The number of carbonyl (C=O) groups excluding carboxylic acids is 2. The molecule has 0 spiro atoms. The van der Waals surface area contributed by atoms with E-state index in [0.717, 1.165) is 9.87 Å². The van der Waals surface area contributed by atoms with E-state index in [1.807, 2.05) is 20.8 Å². The zero-order valence-electron chi connectivity index (χ0n) is 23.4. The van der Waals surface area contributed by atoms with E-state index in [0.29, 0.717) is 23.4 Å². The highest BCUT2D eigenvalue weighted by atomic mass is 35.5. The maximum absolute atomic E-state index is 14.2. The standard InChI is InChI=1S/C30H34Cl3N3O4S/c1-5-21(4)34-30(38)26(6-2)35(18-22-10-7-8-11-24(22)31)28(37)19-36(27-13-9-12-25(32)29(27)33)41(39,40)23-16-14-20(3)15-17-23/h7-17,21,26H,5-6,18-19H2,1-4H3,(H,34,38)/t21-,26-/m0/s1. The summed E-state index contributed by atoms with van der Waals surface area (Å²) in [6.07, 6.45) is 0.998. The number of sulfonamides is 1. The molecule has 1 N–H and O–H groups in total. The molecule has 0 aromatic heterocycles. The molecule has 0 saturated heterocycles. The van der Waals surface area contributed by atoms with Gasteiger partial charge in [0, 0.05) is 17.6 Å². The fraction of sp³-hybridized carbons (Fsp3) is 0.333. The van der Waals surface area contributed by atoms with Gasteiger partial charge in [0.25, 0.3) is 10.0 Å². The Balaban J connectivity index is 2.11. The summed E-state index contributed by atoms with van der Waals surface area (Å²) >= 11 is 19.2. The topological polar surface area (TPSA) is 86.8 Å². The Bertz CT molecular complexity index is 1480. The molecule has 0 aliphatic heterocycles. The van der Waals surface area contributed by atoms with Crippen LogP contribution in [0.3, 0.4) is 0 Å². The molecule has 0 bridgehead atoms. The molecule has 220 valence electrons. The summed E-state index contributed by atoms with van der Waals surface area (Å²) in [5, 5.41) is 3.48. The predicted molar refractivity (Wildman–Crippen MR) is 166 cm³/mol. The van der Waals surface area contributed by atoms with Crippen molar-refractivity contribution in [3.63, 3.8) is 0 Å². The zero-order valence-corrected chi connectivity index (χ0v) is 26.5. The number of hydrogen-bond donors (Lipinski definition) is 1. The molecule has 7 nitrogen and oxygen atoms in total. The molecular formula is C30H34Cl3N3O4S. The van der Waals surface area contributed by atoms with Crippen molar-refractivity contribution in [2.45, 2.75) is 64.1 Å². The molecule has 3 aromatic rings. The van der Waals surface area contributed by atoms with Crippen molar-refractivity contribution >= 4 is 62.3 Å². The molecule has 0 aliphatic carbocycles. The summed E-state index contributed by atoms with van der Waals surface area (Å²) in [6.45, 7) is 6.82. The third-order valence-electron chi connectivity index (χ3n) is 6.77. The Kier molecular flexibility index (Phi) is 11.5. The summed E-state index contributed by atoms with van der Waals surface area (Å²) in [5.74, 6) is -0.946. The van der Waals surface area contributed by atoms with Gasteiger partial charge in [0.15, 0.2) is 0 Å². The van der Waals surface area contributed by atoms with E-state index in [2.05, 4.69) is 5.32 Å². The molecule has 3 rings (SSSR count). The normalized spacial score (nSPS) is 12.9. The fourth-order valence-corrected chi connectivity index (χ4v) is 6.28. The summed E-state index contributed by atoms with van der Waals surface area (Å²) in [4.78, 5) is 28.9. The third-order valence-corrected chi connectivity index (χ3v) is 9.72. The number of hydrogen-bond acceptors (Lipinski definition) is 4. The van der Waals surface area contributed by atoms with E-state index >= 15 is 0 Å². The molecule has 0 fully saturated rings. The quantitative estimate of drug-likeness (QED) is 0.235. The Morgan fingerprint density at radius 2 is 1.51 bits per heavy atom. The van der Waals surface area contributed by atoms with Gasteiger partial charge in [0.05, 0.1) is 20.6 Å². The molecular weight excluding hydrogens is 605 g/mol. The van der Waals surface area contributed by atoms with Gasteiger partial charge in [-0.05, 0) is 62.6 Å². The molecule has 0 saturated carbocycles. The molecule has 41 heavy (non-hydrogen) atoms. The second-order valence-electron chi connectivity index (χ2n) is 9.75. The maximum Gasteiger partial charge on any atom is 0.264 e. The van der Waals surface area contributed by atoms with Crippen LogP contribution in [0.25, 0.3) is 0 Å². The highest BCUT2D eigenvalue weighted by molar-refractivity contribution is 7.92. The SMILES string of the molecule is CC[C@H](C)NC(=O)[C@H](CC)N(Cc1ccccc1Cl)C(=O)CN(c1cccc(Cl)c1Cl)S(=O)(=O)c1ccc(C)cc1. The monoisotopic (exact) mass is 637 g/mol. The van der Waals surface area contributed by atoms with Crippen LogP contribution in [-0.4, -0.2) is 43.8 Å². The second kappa shape index (κ2) is 14.4. The molecule has 2 amide bonds. The number of amides is 2. The molecule has 0 radical (unpaired) electrons. The lowest BCUT2D eigenvalue weighted by molar-refractivity contribution is -0.140. The number of anilines is 1. The van der Waals surface area contributed by atoms with Gasteiger partial charge < -0.3 is 10.2 Å². The number of rotatable bonds is 12. The van der Waals surface area contributed by atoms with Crippen molar-refractivity contribution in [1.82, 2.24) is 10.2 Å². The van der Waals surface area contributed by atoms with Crippen molar-refractivity contribution in [3.05, 3.63) is 92.9 Å². The van der Waals surface area contributed by atoms with Crippen LogP contribution < -0.4 is 9.62 Å². The average molecular weight is 639 g/mol. The number of benzene rings is 3. The summed E-state index contributed by atoms with van der Waals surface area (Å²) in [5.41, 5.74) is 1.53. The minimum Gasteiger partial charge on any atom is -0.352 e. The van der Waals surface area contributed by atoms with Crippen LogP contribution in [0.15, 0.2) is 71.6 Å². The van der Waals surface area contributed by atoms with Crippen molar-refractivity contribution in [2.24, 2.45) is 0 Å². The Morgan fingerprint density at radius 1 is 0.878 bits per heavy atom. The number of nitrogens with one attached hydrogen (secondary N) is 1. The van der Waals surface area contributed by atoms with Crippen LogP contribution in [0.5, 0.6) is 0 Å². The van der Waals surface area contributed by atoms with Gasteiger partial charge >= 0.3 is 0 Å². The first-order valence-corrected chi connectivity index (χ1v) is 15.8. The number of nitrogens with zero attached hydrogens (tertiary/aromatic N) is 2. The Labute approximate surface area is 257 Å². The number of aryl methyl sites for hydroxylation is 1. The first-order valence-electron chi connectivity index (χ1n) is 13.3. The van der Waals surface area contributed by atoms with Crippen LogP contribution in [0.2, 0.25) is 15.1 Å². The van der Waals surface area contributed by atoms with Gasteiger partial charge in [0.2, 0.25) is 11.8 Å². The summed E-state index contributed by atoms with van der Waals surface area (Å²) in [6, 6.07) is 16.9. The maximum atomic E-state index is 14.2. The van der Waals surface area contributed by atoms with Gasteiger partial charge in [-0.25, -0.2) is 8.42 Å². The molecule has 0 aliphatic rings. The Morgan fingerprint density at radius 3 is 2.12 bits per heavy atom. The van der Waals surface area contributed by atoms with Crippen LogP contribution in [-0.2, 0) is 26.2 Å². The molecule has 3 aromatic carbocycles. The van der Waals surface area contributed by atoms with E-state index in [-0.39, 0.29) is 39.1 Å². The van der Waals surface area contributed by atoms with Crippen molar-refractivity contribution in [3.8, 4) is 0 Å². The third kappa shape index (κ3) is 7.95. The van der Waals surface area contributed by atoms with Gasteiger partial charge in [-0.1, -0.05) is 90.6 Å². The number of halogens is 3. The predicted octanol–water partition coefficient (Wildman–Crippen LogP) is 6.87. The zero-order chi connectivity index (χ0) is 30.3. The number of carbonyl (C=O) groups is 2. The van der Waals surface area contributed by atoms with E-state index in [4.69, 9.17) is 34.8 Å². The van der Waals surface area contributed by atoms with Crippen molar-refractivity contribution in [1.29, 1.82) is 0 Å². The summed E-state index contributed by atoms with van der Waals surface area (Å²) < 4.78 is 28.9. The minimum atomic E-state index is -4.28. The molecule has 2 atom stereocenters.